The molecule has 0 radical (unpaired) electrons. The molecule has 1 saturated heterocycles. The molecule has 4 rings (SSSR count). The number of carbonyl (C=O) groups is 1. The summed E-state index contributed by atoms with van der Waals surface area (Å²) in [5.74, 6) is 2.51. The normalized spacial score (nSPS) is 17.5. The minimum Gasteiger partial charge on any atom is -0.495 e. The second-order valence-electron chi connectivity index (χ2n) is 9.84. The molecule has 0 spiro atoms. The molecule has 2 aromatic carbocycles. The predicted octanol–water partition coefficient (Wildman–Crippen LogP) is 5.87. The zero-order chi connectivity index (χ0) is 26.2. The van der Waals surface area contributed by atoms with E-state index < -0.39 is 0 Å². The number of ether oxygens (including phenoxy) is 4. The van der Waals surface area contributed by atoms with Gasteiger partial charge in [-0.3, -0.25) is 4.79 Å². The summed E-state index contributed by atoms with van der Waals surface area (Å²) in [6.45, 7) is 2.02. The van der Waals surface area contributed by atoms with Crippen LogP contribution < -0.4 is 24.3 Å². The van der Waals surface area contributed by atoms with Crippen molar-refractivity contribution in [2.75, 3.05) is 46.8 Å². The van der Waals surface area contributed by atoms with Gasteiger partial charge in [-0.25, -0.2) is 0 Å². The Hall–Kier alpha value is -3.19. The highest BCUT2D eigenvalue weighted by molar-refractivity contribution is 5.94. The van der Waals surface area contributed by atoms with Gasteiger partial charge in [0.15, 0.2) is 11.5 Å². The summed E-state index contributed by atoms with van der Waals surface area (Å²) >= 11 is 0. The third-order valence-electron chi connectivity index (χ3n) is 7.63. The van der Waals surface area contributed by atoms with Crippen LogP contribution in [0.2, 0.25) is 0 Å². The summed E-state index contributed by atoms with van der Waals surface area (Å²) < 4.78 is 21.9. The van der Waals surface area contributed by atoms with Crippen LogP contribution in [0, 0.1) is 5.92 Å². The third-order valence-corrected chi connectivity index (χ3v) is 7.63. The van der Waals surface area contributed by atoms with Crippen molar-refractivity contribution in [1.29, 1.82) is 0 Å². The number of nitrogens with one attached hydrogen (secondary N) is 1. The largest absolute Gasteiger partial charge is 0.495 e. The first-order valence-electron chi connectivity index (χ1n) is 13.3. The van der Waals surface area contributed by atoms with Crippen LogP contribution in [0.25, 0.3) is 12.2 Å². The first-order valence-corrected chi connectivity index (χ1v) is 13.3. The Morgan fingerprint density at radius 2 is 1.41 bits per heavy atom. The summed E-state index contributed by atoms with van der Waals surface area (Å²) in [6.07, 6.45) is 12.4. The van der Waals surface area contributed by atoms with Crippen molar-refractivity contribution in [3.63, 3.8) is 0 Å². The van der Waals surface area contributed by atoms with Crippen LogP contribution in [0.3, 0.4) is 0 Å². The quantitative estimate of drug-likeness (QED) is 0.427. The molecule has 0 aromatic heterocycles. The van der Waals surface area contributed by atoms with Crippen molar-refractivity contribution in [3.05, 3.63) is 41.5 Å². The van der Waals surface area contributed by atoms with E-state index in [1.54, 1.807) is 28.4 Å². The van der Waals surface area contributed by atoms with Gasteiger partial charge in [0.25, 0.3) is 0 Å². The van der Waals surface area contributed by atoms with E-state index >= 15 is 0 Å². The highest BCUT2D eigenvalue weighted by Gasteiger charge is 2.29. The van der Waals surface area contributed by atoms with Crippen molar-refractivity contribution in [2.24, 2.45) is 5.92 Å². The molecule has 1 amide bonds. The Balaban J connectivity index is 1.43. The molecule has 1 N–H and O–H groups in total. The van der Waals surface area contributed by atoms with Crippen molar-refractivity contribution in [2.45, 2.75) is 51.0 Å². The van der Waals surface area contributed by atoms with Crippen LogP contribution in [-0.2, 0) is 4.79 Å². The maximum atomic E-state index is 13.2. The van der Waals surface area contributed by atoms with Crippen LogP contribution in [0.15, 0.2) is 30.3 Å². The number of amides is 1. The summed E-state index contributed by atoms with van der Waals surface area (Å²) in [6, 6.07) is 10.3. The Bertz CT molecular complexity index is 1060. The van der Waals surface area contributed by atoms with Gasteiger partial charge in [-0.2, -0.15) is 0 Å². The number of methoxy groups -OCH3 is 4. The van der Waals surface area contributed by atoms with Crippen molar-refractivity contribution in [1.82, 2.24) is 4.90 Å². The second kappa shape index (κ2) is 12.9. The summed E-state index contributed by atoms with van der Waals surface area (Å²) in [5, 5.41) is 3.14. The predicted molar refractivity (Wildman–Crippen MR) is 148 cm³/mol. The molecule has 1 aliphatic carbocycles. The van der Waals surface area contributed by atoms with Crippen molar-refractivity contribution < 1.29 is 23.7 Å². The Kier molecular flexibility index (Phi) is 9.34. The van der Waals surface area contributed by atoms with E-state index in [0.29, 0.717) is 34.7 Å². The Morgan fingerprint density at radius 1 is 0.784 bits per heavy atom. The van der Waals surface area contributed by atoms with Gasteiger partial charge in [0, 0.05) is 12.0 Å². The van der Waals surface area contributed by atoms with Gasteiger partial charge in [0.05, 0.1) is 34.1 Å². The Morgan fingerprint density at radius 3 is 2.00 bits per heavy atom. The van der Waals surface area contributed by atoms with E-state index in [4.69, 9.17) is 18.9 Å². The van der Waals surface area contributed by atoms with Gasteiger partial charge in [-0.15, -0.1) is 0 Å². The number of rotatable bonds is 9. The molecule has 37 heavy (non-hydrogen) atoms. The van der Waals surface area contributed by atoms with Crippen LogP contribution in [0.5, 0.6) is 23.0 Å². The maximum absolute atomic E-state index is 13.2. The molecular formula is C30H40N2O5. The highest BCUT2D eigenvalue weighted by atomic mass is 16.5. The van der Waals surface area contributed by atoms with Crippen LogP contribution in [0.1, 0.15) is 56.1 Å². The minimum absolute atomic E-state index is 0.0305. The van der Waals surface area contributed by atoms with Gasteiger partial charge < -0.3 is 29.2 Å². The van der Waals surface area contributed by atoms with E-state index in [-0.39, 0.29) is 11.8 Å². The van der Waals surface area contributed by atoms with Gasteiger partial charge in [0.2, 0.25) is 11.7 Å². The van der Waals surface area contributed by atoms with Crippen molar-refractivity contribution in [3.8, 4) is 23.0 Å². The van der Waals surface area contributed by atoms with Gasteiger partial charge in [-0.05, 0) is 74.2 Å². The molecule has 1 heterocycles. The smallest absolute Gasteiger partial charge is 0.227 e. The average Bonchev–Trinajstić information content (AvgIpc) is 2.96. The number of likely N-dealkylation sites (tertiary alicyclic amines) is 1. The maximum Gasteiger partial charge on any atom is 0.227 e. The molecule has 2 fully saturated rings. The first-order chi connectivity index (χ1) is 18.1. The lowest BCUT2D eigenvalue weighted by atomic mass is 9.90. The molecule has 2 aromatic rings. The monoisotopic (exact) mass is 508 g/mol. The zero-order valence-electron chi connectivity index (χ0n) is 22.5. The minimum atomic E-state index is 0.0305. The van der Waals surface area contributed by atoms with Crippen LogP contribution in [0.4, 0.5) is 5.69 Å². The van der Waals surface area contributed by atoms with Gasteiger partial charge in [-0.1, -0.05) is 37.5 Å². The number of carbonyl (C=O) groups excluding carboxylic acids is 1. The number of hydrogen-bond acceptors (Lipinski definition) is 6. The molecule has 0 unspecified atom stereocenters. The number of anilines is 1. The second-order valence-corrected chi connectivity index (χ2v) is 9.84. The lowest BCUT2D eigenvalue weighted by Gasteiger charge is -2.38. The lowest BCUT2D eigenvalue weighted by Crippen LogP contribution is -2.44. The number of benzene rings is 2. The van der Waals surface area contributed by atoms with E-state index in [9.17, 15) is 4.79 Å². The highest BCUT2D eigenvalue weighted by Crippen LogP contribution is 2.39. The number of hydrogen-bond donors (Lipinski definition) is 1. The fraction of sp³-hybridized carbons (Fsp3) is 0.500. The zero-order valence-corrected chi connectivity index (χ0v) is 22.5. The summed E-state index contributed by atoms with van der Waals surface area (Å²) in [5.41, 5.74) is 2.53. The van der Waals surface area contributed by atoms with Gasteiger partial charge in [0.1, 0.15) is 5.75 Å². The summed E-state index contributed by atoms with van der Waals surface area (Å²) in [7, 11) is 6.41. The van der Waals surface area contributed by atoms with Crippen LogP contribution >= 0.6 is 0 Å². The lowest BCUT2D eigenvalue weighted by molar-refractivity contribution is -0.121. The third kappa shape index (κ3) is 6.58. The molecule has 7 heteroatoms. The SMILES string of the molecule is COc1ccc(/C=C/c2cc(OC)c(OC)c(OC)c2)cc1NC(=O)C1CCN(C2CCCCC2)CC1. The number of piperidine rings is 1. The summed E-state index contributed by atoms with van der Waals surface area (Å²) in [4.78, 5) is 15.8. The fourth-order valence-electron chi connectivity index (χ4n) is 5.52. The van der Waals surface area contributed by atoms with E-state index in [0.717, 1.165) is 37.1 Å². The van der Waals surface area contributed by atoms with E-state index in [2.05, 4.69) is 10.2 Å². The fourth-order valence-corrected chi connectivity index (χ4v) is 5.52. The van der Waals surface area contributed by atoms with Crippen molar-refractivity contribution >= 4 is 23.7 Å². The standard InChI is InChI=1S/C30H40N2O5/c1-34-26-13-12-21(10-11-22-19-27(35-2)29(37-4)28(20-22)36-3)18-25(26)31-30(33)23-14-16-32(17-15-23)24-8-6-5-7-9-24/h10-13,18-20,23-24H,5-9,14-17H2,1-4H3,(H,31,33)/b11-10+. The molecule has 0 bridgehead atoms. The molecule has 1 saturated carbocycles. The van der Waals surface area contributed by atoms with Crippen LogP contribution in [-0.4, -0.2) is 58.4 Å². The number of nitrogens with zero attached hydrogens (tertiary/aromatic N) is 1. The van der Waals surface area contributed by atoms with E-state index in [1.165, 1.54) is 32.1 Å². The Labute approximate surface area is 220 Å². The molecular weight excluding hydrogens is 468 g/mol. The molecule has 1 aliphatic heterocycles. The first kappa shape index (κ1) is 26.9. The topological polar surface area (TPSA) is 69.3 Å². The molecule has 7 nitrogen and oxygen atoms in total. The molecule has 2 aliphatic rings. The average molecular weight is 509 g/mol. The molecule has 200 valence electrons. The van der Waals surface area contributed by atoms with Gasteiger partial charge >= 0.3 is 0 Å². The van der Waals surface area contributed by atoms with E-state index in [1.807, 2.05) is 42.5 Å². The molecule has 0 atom stereocenters.